The van der Waals surface area contributed by atoms with Crippen molar-refractivity contribution in [2.45, 2.75) is 97.3 Å². The molecular formula is C19H38O2S2Zn. The van der Waals surface area contributed by atoms with Crippen molar-refractivity contribution < 1.29 is 29.0 Å². The molecule has 0 N–H and O–H groups in total. The minimum Gasteiger partial charge on any atom is -0.466 e. The number of hydrogen-bond acceptors (Lipinski definition) is 4. The molecule has 5 heteroatoms. The number of carbonyl (C=O) groups is 1. The molecule has 0 saturated carbocycles. The van der Waals surface area contributed by atoms with Crippen LogP contribution in [0.5, 0.6) is 0 Å². The predicted molar refractivity (Wildman–Crippen MR) is 107 cm³/mol. The number of hydrogen-bond donors (Lipinski definition) is 0. The first kappa shape index (κ1) is 27.0. The van der Waals surface area contributed by atoms with Crippen molar-refractivity contribution in [3.8, 4) is 0 Å². The molecule has 0 aliphatic rings. The number of rotatable bonds is 18. The van der Waals surface area contributed by atoms with E-state index in [2.05, 4.69) is 13.8 Å². The quantitative estimate of drug-likeness (QED) is 0.102. The van der Waals surface area contributed by atoms with Gasteiger partial charge in [0.15, 0.2) is 0 Å². The Labute approximate surface area is 171 Å². The second-order valence-electron chi connectivity index (χ2n) is 6.15. The van der Waals surface area contributed by atoms with E-state index in [4.69, 9.17) is 4.74 Å². The molecule has 140 valence electrons. The van der Waals surface area contributed by atoms with Crippen molar-refractivity contribution in [3.05, 3.63) is 0 Å². The third kappa shape index (κ3) is 22.8. The van der Waals surface area contributed by atoms with E-state index in [1.165, 1.54) is 76.4 Å². The number of carbonyl (C=O) groups excluding carboxylic acids is 1. The van der Waals surface area contributed by atoms with E-state index in [9.17, 15) is 4.79 Å². The van der Waals surface area contributed by atoms with E-state index >= 15 is 0 Å². The van der Waals surface area contributed by atoms with E-state index in [0.29, 0.717) is 13.0 Å². The summed E-state index contributed by atoms with van der Waals surface area (Å²) in [7, 11) is 3.67. The zero-order valence-electron chi connectivity index (χ0n) is 16.2. The van der Waals surface area contributed by atoms with Gasteiger partial charge in [0.25, 0.3) is 0 Å². The van der Waals surface area contributed by atoms with Gasteiger partial charge in [-0.25, -0.2) is 0 Å². The average Bonchev–Trinajstić information content (AvgIpc) is 2.56. The van der Waals surface area contributed by atoms with Gasteiger partial charge < -0.3 is 4.74 Å². The smallest absolute Gasteiger partial charge is 0.306 e. The first-order chi connectivity index (χ1) is 11.3. The van der Waals surface area contributed by atoms with Crippen LogP contribution < -0.4 is 0 Å². The Kier molecular flexibility index (Phi) is 26.8. The van der Waals surface area contributed by atoms with Gasteiger partial charge >= 0.3 is 5.97 Å². The Morgan fingerprint density at radius 1 is 0.708 bits per heavy atom. The Balaban J connectivity index is 0. The monoisotopic (exact) mass is 426 g/mol. The molecule has 0 heterocycles. The van der Waals surface area contributed by atoms with Gasteiger partial charge in [-0.3, -0.25) is 4.79 Å². The second kappa shape index (κ2) is 23.8. The molecule has 0 aromatic rings. The predicted octanol–water partition coefficient (Wildman–Crippen LogP) is 7.02. The minimum absolute atomic E-state index is 0. The molecule has 24 heavy (non-hydrogen) atoms. The number of ether oxygens (including phenoxy) is 1. The molecule has 0 fully saturated rings. The molecule has 0 saturated heterocycles. The van der Waals surface area contributed by atoms with Crippen LogP contribution in [0.25, 0.3) is 0 Å². The molecule has 0 spiro atoms. The zero-order valence-corrected chi connectivity index (χ0v) is 20.8. The summed E-state index contributed by atoms with van der Waals surface area (Å²) < 4.78 is 5.28. The van der Waals surface area contributed by atoms with Gasteiger partial charge in [-0.05, 0) is 12.8 Å². The molecule has 0 unspecified atom stereocenters. The summed E-state index contributed by atoms with van der Waals surface area (Å²) in [5, 5.41) is 0. The molecule has 0 aliphatic heterocycles. The van der Waals surface area contributed by atoms with Gasteiger partial charge in [0.2, 0.25) is 0 Å². The molecular weight excluding hydrogens is 390 g/mol. The van der Waals surface area contributed by atoms with Gasteiger partial charge in [-0.1, -0.05) is 99.6 Å². The van der Waals surface area contributed by atoms with Crippen LogP contribution in [0.2, 0.25) is 0 Å². The molecule has 0 atom stereocenters. The van der Waals surface area contributed by atoms with Crippen molar-refractivity contribution in [2.75, 3.05) is 18.1 Å². The first-order valence-corrected chi connectivity index (χ1v) is 12.2. The average molecular weight is 428 g/mol. The summed E-state index contributed by atoms with van der Waals surface area (Å²) in [4.78, 5) is 11.5. The second-order valence-corrected chi connectivity index (χ2v) is 8.85. The Bertz CT molecular complexity index is 254. The van der Waals surface area contributed by atoms with Crippen LogP contribution >= 0.6 is 21.6 Å². The molecule has 0 radical (unpaired) electrons. The van der Waals surface area contributed by atoms with E-state index in [1.54, 1.807) is 10.8 Å². The van der Waals surface area contributed by atoms with Crippen LogP contribution in [0.3, 0.4) is 0 Å². The van der Waals surface area contributed by atoms with Crippen LogP contribution in [0.15, 0.2) is 0 Å². The van der Waals surface area contributed by atoms with Crippen LogP contribution in [-0.2, 0) is 29.0 Å². The summed E-state index contributed by atoms with van der Waals surface area (Å²) in [5.74, 6) is 2.05. The number of unbranched alkanes of at least 4 members (excludes halogenated alkanes) is 10. The summed E-state index contributed by atoms with van der Waals surface area (Å²) >= 11 is 0. The van der Waals surface area contributed by atoms with Crippen LogP contribution in [0.4, 0.5) is 0 Å². The molecule has 0 aromatic heterocycles. The van der Waals surface area contributed by atoms with Crippen molar-refractivity contribution in [3.63, 3.8) is 0 Å². The van der Waals surface area contributed by atoms with Crippen molar-refractivity contribution in [2.24, 2.45) is 0 Å². The van der Waals surface area contributed by atoms with E-state index in [-0.39, 0.29) is 25.4 Å². The number of esters is 1. The van der Waals surface area contributed by atoms with Crippen molar-refractivity contribution in [1.82, 2.24) is 0 Å². The fourth-order valence-corrected chi connectivity index (χ4v) is 4.50. The van der Waals surface area contributed by atoms with Gasteiger partial charge in [0.05, 0.1) is 13.0 Å². The molecule has 0 rings (SSSR count). The van der Waals surface area contributed by atoms with Crippen molar-refractivity contribution >= 4 is 27.6 Å². The van der Waals surface area contributed by atoms with Gasteiger partial charge in [-0.15, -0.1) is 0 Å². The van der Waals surface area contributed by atoms with Crippen LogP contribution in [0, 0.1) is 0 Å². The maximum absolute atomic E-state index is 11.5. The van der Waals surface area contributed by atoms with Gasteiger partial charge in [0.1, 0.15) is 0 Å². The Hall–Kier alpha value is 0.793. The molecule has 0 amide bonds. The fourth-order valence-electron chi connectivity index (χ4n) is 2.29. The van der Waals surface area contributed by atoms with E-state index < -0.39 is 0 Å². The van der Waals surface area contributed by atoms with Crippen molar-refractivity contribution in [1.29, 1.82) is 0 Å². The third-order valence-corrected chi connectivity index (χ3v) is 6.31. The summed E-state index contributed by atoms with van der Waals surface area (Å²) in [5.41, 5.74) is 0. The van der Waals surface area contributed by atoms with E-state index in [0.717, 1.165) is 12.2 Å². The summed E-state index contributed by atoms with van der Waals surface area (Å²) in [6.45, 7) is 5.08. The summed E-state index contributed by atoms with van der Waals surface area (Å²) in [6, 6.07) is 0. The standard InChI is InChI=1S/C19H38O2S2.Zn/c1-3-5-7-8-9-10-11-12-13-14-16-21-19(20)15-18-23-22-17-6-4-2;/h3-18H2,1-2H3;. The van der Waals surface area contributed by atoms with Gasteiger partial charge in [-0.2, -0.15) is 0 Å². The summed E-state index contributed by atoms with van der Waals surface area (Å²) in [6.07, 6.45) is 16.2. The third-order valence-electron chi connectivity index (χ3n) is 3.82. The largest absolute Gasteiger partial charge is 0.466 e. The fraction of sp³-hybridized carbons (Fsp3) is 0.947. The maximum atomic E-state index is 11.5. The Morgan fingerprint density at radius 2 is 1.21 bits per heavy atom. The Morgan fingerprint density at radius 3 is 1.79 bits per heavy atom. The SMILES string of the molecule is CCCCCCCCCCCCOC(=O)CCSSCCCC.[Zn]. The molecule has 0 aliphatic carbocycles. The zero-order chi connectivity index (χ0) is 17.0. The van der Waals surface area contributed by atoms with E-state index in [1.807, 2.05) is 10.8 Å². The normalized spacial score (nSPS) is 10.4. The minimum atomic E-state index is -0.0236. The first-order valence-electron chi connectivity index (χ1n) is 9.71. The van der Waals surface area contributed by atoms with Gasteiger partial charge in [0, 0.05) is 31.0 Å². The topological polar surface area (TPSA) is 26.3 Å². The molecule has 0 aromatic carbocycles. The van der Waals surface area contributed by atoms with Crippen LogP contribution in [-0.4, -0.2) is 24.1 Å². The molecule has 0 bridgehead atoms. The maximum Gasteiger partial charge on any atom is 0.306 e. The van der Waals surface area contributed by atoms with Crippen LogP contribution in [0.1, 0.15) is 97.3 Å². The molecule has 2 nitrogen and oxygen atoms in total.